The van der Waals surface area contributed by atoms with Crippen LogP contribution in [0, 0.1) is 17.0 Å². The van der Waals surface area contributed by atoms with E-state index < -0.39 is 0 Å². The molecule has 0 N–H and O–H groups in total. The van der Waals surface area contributed by atoms with Gasteiger partial charge >= 0.3 is 0 Å². The minimum atomic E-state index is -0.390. The average molecular weight is 412 g/mol. The molecule has 1 aromatic carbocycles. The number of anilines is 1. The monoisotopic (exact) mass is 411 g/mol. The molecule has 0 saturated carbocycles. The van der Waals surface area contributed by atoms with Crippen LogP contribution < -0.4 is 4.90 Å². The summed E-state index contributed by atoms with van der Waals surface area (Å²) in [6.07, 6.45) is 1.56. The number of carbonyl (C=O) groups excluding carboxylic acids is 1. The van der Waals surface area contributed by atoms with Gasteiger partial charge in [0.2, 0.25) is 5.91 Å². The Morgan fingerprint density at radius 2 is 1.80 bits per heavy atom. The number of piperazine rings is 1. The van der Waals surface area contributed by atoms with Crippen molar-refractivity contribution in [3.05, 3.63) is 57.0 Å². The number of non-ortho nitro benzene ring substituents is 1. The van der Waals surface area contributed by atoms with Crippen LogP contribution in [0.25, 0.3) is 0 Å². The third-order valence-corrected chi connectivity index (χ3v) is 5.82. The fraction of sp³-hybridized carbons (Fsp3) is 0.500. The molecule has 0 spiro atoms. The SMILES string of the molecule is CCC(C)c1nc(C)c(Cc2ccc([N+](=O)[O-])cc2)c(N2CCN(C(C)=O)CC2)n1. The summed E-state index contributed by atoms with van der Waals surface area (Å²) < 4.78 is 0. The first kappa shape index (κ1) is 21.7. The molecule has 8 heteroatoms. The van der Waals surface area contributed by atoms with Crippen molar-refractivity contribution in [3.63, 3.8) is 0 Å². The normalized spacial score (nSPS) is 15.2. The maximum absolute atomic E-state index is 11.7. The molecule has 1 saturated heterocycles. The Morgan fingerprint density at radius 1 is 1.17 bits per heavy atom. The van der Waals surface area contributed by atoms with Crippen LogP contribution in [0.3, 0.4) is 0 Å². The summed E-state index contributed by atoms with van der Waals surface area (Å²) in [6, 6.07) is 6.64. The van der Waals surface area contributed by atoms with E-state index in [1.54, 1.807) is 19.1 Å². The molecule has 1 fully saturated rings. The number of nitro benzene ring substituents is 1. The van der Waals surface area contributed by atoms with Crippen molar-refractivity contribution >= 4 is 17.4 Å². The van der Waals surface area contributed by atoms with E-state index in [0.717, 1.165) is 48.0 Å². The molecule has 160 valence electrons. The number of rotatable bonds is 6. The molecule has 2 heterocycles. The topological polar surface area (TPSA) is 92.5 Å². The molecule has 1 unspecified atom stereocenters. The number of nitrogens with zero attached hydrogens (tertiary/aromatic N) is 5. The van der Waals surface area contributed by atoms with Gasteiger partial charge in [-0.25, -0.2) is 9.97 Å². The third-order valence-electron chi connectivity index (χ3n) is 5.82. The molecule has 8 nitrogen and oxygen atoms in total. The summed E-state index contributed by atoms with van der Waals surface area (Å²) in [7, 11) is 0. The maximum atomic E-state index is 11.7. The van der Waals surface area contributed by atoms with Gasteiger partial charge in [0.15, 0.2) is 0 Å². The van der Waals surface area contributed by atoms with Gasteiger partial charge in [-0.1, -0.05) is 26.0 Å². The third kappa shape index (κ3) is 4.75. The zero-order valence-electron chi connectivity index (χ0n) is 18.1. The Labute approximate surface area is 177 Å². The summed E-state index contributed by atoms with van der Waals surface area (Å²) in [4.78, 5) is 36.1. The lowest BCUT2D eigenvalue weighted by atomic mass is 10.0. The van der Waals surface area contributed by atoms with Crippen molar-refractivity contribution < 1.29 is 9.72 Å². The number of hydrogen-bond donors (Lipinski definition) is 0. The van der Waals surface area contributed by atoms with Gasteiger partial charge in [-0.3, -0.25) is 14.9 Å². The minimum Gasteiger partial charge on any atom is -0.353 e. The molecule has 1 amide bonds. The molecule has 0 bridgehead atoms. The molecule has 1 aliphatic rings. The highest BCUT2D eigenvalue weighted by atomic mass is 16.6. The van der Waals surface area contributed by atoms with E-state index in [4.69, 9.17) is 9.97 Å². The highest BCUT2D eigenvalue weighted by molar-refractivity contribution is 5.73. The molecule has 2 aromatic rings. The van der Waals surface area contributed by atoms with Crippen molar-refractivity contribution in [2.75, 3.05) is 31.1 Å². The van der Waals surface area contributed by atoms with Crippen LogP contribution in [-0.4, -0.2) is 51.9 Å². The predicted octanol–water partition coefficient (Wildman–Crippen LogP) is 3.47. The average Bonchev–Trinajstić information content (AvgIpc) is 2.74. The van der Waals surface area contributed by atoms with E-state index in [1.807, 2.05) is 11.8 Å². The number of amides is 1. The zero-order valence-corrected chi connectivity index (χ0v) is 18.1. The number of nitro groups is 1. The van der Waals surface area contributed by atoms with Gasteiger partial charge < -0.3 is 9.80 Å². The fourth-order valence-corrected chi connectivity index (χ4v) is 3.65. The van der Waals surface area contributed by atoms with Crippen LogP contribution in [0.15, 0.2) is 24.3 Å². The Bertz CT molecular complexity index is 921. The molecular formula is C22H29N5O3. The van der Waals surface area contributed by atoms with Crippen molar-refractivity contribution in [1.29, 1.82) is 0 Å². The maximum Gasteiger partial charge on any atom is 0.269 e. The second-order valence-electron chi connectivity index (χ2n) is 7.87. The van der Waals surface area contributed by atoms with E-state index in [0.29, 0.717) is 19.5 Å². The Morgan fingerprint density at radius 3 is 2.33 bits per heavy atom. The van der Waals surface area contributed by atoms with Crippen LogP contribution >= 0.6 is 0 Å². The van der Waals surface area contributed by atoms with E-state index >= 15 is 0 Å². The van der Waals surface area contributed by atoms with Crippen LogP contribution in [0.1, 0.15) is 55.8 Å². The summed E-state index contributed by atoms with van der Waals surface area (Å²) in [5.41, 5.74) is 3.03. The van der Waals surface area contributed by atoms with Gasteiger partial charge in [0.25, 0.3) is 5.69 Å². The summed E-state index contributed by atoms with van der Waals surface area (Å²) >= 11 is 0. The van der Waals surface area contributed by atoms with Crippen molar-refractivity contribution in [3.8, 4) is 0 Å². The molecule has 1 aliphatic heterocycles. The number of carbonyl (C=O) groups is 1. The second-order valence-corrected chi connectivity index (χ2v) is 7.87. The summed E-state index contributed by atoms with van der Waals surface area (Å²) in [5.74, 6) is 2.11. The molecule has 0 aliphatic carbocycles. The smallest absolute Gasteiger partial charge is 0.269 e. The number of aryl methyl sites for hydroxylation is 1. The Kier molecular flexibility index (Phi) is 6.64. The van der Waals surface area contributed by atoms with Crippen LogP contribution in [0.2, 0.25) is 0 Å². The van der Waals surface area contributed by atoms with E-state index in [-0.39, 0.29) is 22.4 Å². The van der Waals surface area contributed by atoms with E-state index in [1.165, 1.54) is 12.1 Å². The Hall–Kier alpha value is -3.03. The number of benzene rings is 1. The lowest BCUT2D eigenvalue weighted by molar-refractivity contribution is -0.384. The van der Waals surface area contributed by atoms with Crippen LogP contribution in [0.5, 0.6) is 0 Å². The van der Waals surface area contributed by atoms with Crippen molar-refractivity contribution in [2.24, 2.45) is 0 Å². The molecular weight excluding hydrogens is 382 g/mol. The Balaban J connectivity index is 1.94. The molecule has 0 radical (unpaired) electrons. The second kappa shape index (κ2) is 9.19. The summed E-state index contributed by atoms with van der Waals surface area (Å²) in [5, 5.41) is 10.9. The van der Waals surface area contributed by atoms with Gasteiger partial charge in [0.1, 0.15) is 11.6 Å². The fourth-order valence-electron chi connectivity index (χ4n) is 3.65. The van der Waals surface area contributed by atoms with E-state index in [9.17, 15) is 14.9 Å². The number of hydrogen-bond acceptors (Lipinski definition) is 6. The molecule has 30 heavy (non-hydrogen) atoms. The first-order valence-electron chi connectivity index (χ1n) is 10.4. The molecule has 1 atom stereocenters. The highest BCUT2D eigenvalue weighted by Crippen LogP contribution is 2.28. The zero-order chi connectivity index (χ0) is 21.8. The van der Waals surface area contributed by atoms with E-state index in [2.05, 4.69) is 18.7 Å². The largest absolute Gasteiger partial charge is 0.353 e. The standard InChI is InChI=1S/C22H29N5O3/c1-5-15(2)21-23-16(3)20(14-18-6-8-19(9-7-18)27(29)30)22(24-21)26-12-10-25(11-13-26)17(4)28/h6-9,15H,5,10-14H2,1-4H3. The quantitative estimate of drug-likeness (QED) is 0.534. The first-order chi connectivity index (χ1) is 14.3. The highest BCUT2D eigenvalue weighted by Gasteiger charge is 2.24. The molecule has 1 aromatic heterocycles. The lowest BCUT2D eigenvalue weighted by Gasteiger charge is -2.36. The van der Waals surface area contributed by atoms with Crippen LogP contribution in [0.4, 0.5) is 11.5 Å². The van der Waals surface area contributed by atoms with Crippen LogP contribution in [-0.2, 0) is 11.2 Å². The predicted molar refractivity (Wildman–Crippen MR) is 116 cm³/mol. The van der Waals surface area contributed by atoms with Gasteiger partial charge in [-0.2, -0.15) is 0 Å². The van der Waals surface area contributed by atoms with Gasteiger partial charge in [-0.05, 0) is 18.9 Å². The van der Waals surface area contributed by atoms with Gasteiger partial charge in [0.05, 0.1) is 4.92 Å². The van der Waals surface area contributed by atoms with Gasteiger partial charge in [0, 0.05) is 68.8 Å². The first-order valence-corrected chi connectivity index (χ1v) is 10.4. The van der Waals surface area contributed by atoms with Crippen molar-refractivity contribution in [1.82, 2.24) is 14.9 Å². The summed E-state index contributed by atoms with van der Waals surface area (Å²) in [6.45, 7) is 10.7. The van der Waals surface area contributed by atoms with Crippen molar-refractivity contribution in [2.45, 2.75) is 46.5 Å². The minimum absolute atomic E-state index is 0.0828. The number of aromatic nitrogens is 2. The lowest BCUT2D eigenvalue weighted by Crippen LogP contribution is -2.48. The molecule has 3 rings (SSSR count). The van der Waals surface area contributed by atoms with Gasteiger partial charge in [-0.15, -0.1) is 0 Å².